The van der Waals surface area contributed by atoms with Crippen molar-refractivity contribution in [2.24, 2.45) is 0 Å². The Balaban J connectivity index is 1.69. The first-order valence-corrected chi connectivity index (χ1v) is 12.9. The van der Waals surface area contributed by atoms with Gasteiger partial charge in [0.15, 0.2) is 6.10 Å². The van der Waals surface area contributed by atoms with Gasteiger partial charge < -0.3 is 9.47 Å². The number of ketones is 1. The first-order chi connectivity index (χ1) is 16.8. The molecule has 3 aromatic rings. The second kappa shape index (κ2) is 10.9. The van der Waals surface area contributed by atoms with E-state index in [0.29, 0.717) is 11.1 Å². The molecule has 3 aromatic carbocycles. The lowest BCUT2D eigenvalue weighted by Gasteiger charge is -2.26. The summed E-state index contributed by atoms with van der Waals surface area (Å²) in [4.78, 5) is 26.2. The van der Waals surface area contributed by atoms with Gasteiger partial charge in [-0.1, -0.05) is 83.9 Å². The van der Waals surface area contributed by atoms with Crippen LogP contribution in [0.3, 0.4) is 0 Å². The molecule has 1 heterocycles. The van der Waals surface area contributed by atoms with Crippen LogP contribution in [0.4, 0.5) is 0 Å². The van der Waals surface area contributed by atoms with Gasteiger partial charge in [0.2, 0.25) is 15.8 Å². The molecule has 0 aliphatic carbocycles. The molecule has 0 N–H and O–H groups in total. The summed E-state index contributed by atoms with van der Waals surface area (Å²) in [7, 11) is -4.02. The number of benzene rings is 3. The second-order valence-corrected chi connectivity index (χ2v) is 10.4. The van der Waals surface area contributed by atoms with E-state index in [9.17, 15) is 18.0 Å². The van der Waals surface area contributed by atoms with E-state index < -0.39 is 27.9 Å². The standard InChI is InChI=1S/C25H21Cl2NO6S/c26-20-16-21(27)22(35(31,32)28-11-13-33-14-12-28)15-19(20)25(30)34-24(18-9-5-2-6-10-18)23(29)17-7-3-1-4-8-17/h1-10,15-16,24H,11-14H2. The number of hydrogen-bond acceptors (Lipinski definition) is 6. The maximum absolute atomic E-state index is 13.2. The Morgan fingerprint density at radius 1 is 0.886 bits per heavy atom. The number of carbonyl (C=O) groups excluding carboxylic acids is 2. The van der Waals surface area contributed by atoms with Crippen molar-refractivity contribution in [2.45, 2.75) is 11.0 Å². The molecule has 0 amide bonds. The van der Waals surface area contributed by atoms with Crippen LogP contribution < -0.4 is 0 Å². The highest BCUT2D eigenvalue weighted by molar-refractivity contribution is 7.89. The number of rotatable bonds is 7. The molecule has 10 heteroatoms. The van der Waals surface area contributed by atoms with Gasteiger partial charge in [-0.2, -0.15) is 4.31 Å². The van der Waals surface area contributed by atoms with Crippen molar-refractivity contribution in [3.05, 3.63) is 99.5 Å². The Labute approximate surface area is 213 Å². The Morgan fingerprint density at radius 3 is 2.11 bits per heavy atom. The van der Waals surface area contributed by atoms with Crippen LogP contribution in [0, 0.1) is 0 Å². The quantitative estimate of drug-likeness (QED) is 0.320. The number of sulfonamides is 1. The van der Waals surface area contributed by atoms with Crippen molar-refractivity contribution in [3.8, 4) is 0 Å². The normalized spacial score (nSPS) is 15.4. The maximum Gasteiger partial charge on any atom is 0.340 e. The maximum atomic E-state index is 13.2. The third-order valence-corrected chi connectivity index (χ3v) is 8.13. The van der Waals surface area contributed by atoms with Crippen LogP contribution in [0.15, 0.2) is 77.7 Å². The number of hydrogen-bond donors (Lipinski definition) is 0. The van der Waals surface area contributed by atoms with Gasteiger partial charge in [-0.25, -0.2) is 13.2 Å². The predicted molar refractivity (Wildman–Crippen MR) is 131 cm³/mol. The molecule has 0 saturated carbocycles. The third kappa shape index (κ3) is 5.58. The molecule has 0 spiro atoms. The van der Waals surface area contributed by atoms with E-state index in [0.717, 1.165) is 6.07 Å². The van der Waals surface area contributed by atoms with Crippen LogP contribution in [0.1, 0.15) is 32.4 Å². The summed E-state index contributed by atoms with van der Waals surface area (Å²) in [6, 6.07) is 19.2. The summed E-state index contributed by atoms with van der Waals surface area (Å²) >= 11 is 12.5. The van der Waals surface area contributed by atoms with Crippen molar-refractivity contribution in [1.82, 2.24) is 4.31 Å². The van der Waals surface area contributed by atoms with Gasteiger partial charge in [0, 0.05) is 24.2 Å². The zero-order valence-electron chi connectivity index (χ0n) is 18.4. The number of carbonyl (C=O) groups is 2. The molecule has 1 aliphatic heterocycles. The van der Waals surface area contributed by atoms with E-state index in [2.05, 4.69) is 0 Å². The van der Waals surface area contributed by atoms with Crippen LogP contribution in [0.2, 0.25) is 10.0 Å². The highest BCUT2D eigenvalue weighted by atomic mass is 35.5. The molecule has 1 unspecified atom stereocenters. The van der Waals surface area contributed by atoms with Crippen molar-refractivity contribution in [3.63, 3.8) is 0 Å². The molecule has 1 atom stereocenters. The molecule has 7 nitrogen and oxygen atoms in total. The average Bonchev–Trinajstić information content (AvgIpc) is 2.88. The summed E-state index contributed by atoms with van der Waals surface area (Å²) in [6.45, 7) is 0.810. The number of morpholine rings is 1. The Hall–Kier alpha value is -2.75. The molecule has 4 rings (SSSR count). The molecule has 1 fully saturated rings. The highest BCUT2D eigenvalue weighted by Gasteiger charge is 2.32. The first kappa shape index (κ1) is 25.3. The molecular weight excluding hydrogens is 513 g/mol. The molecule has 0 aromatic heterocycles. The van der Waals surface area contributed by atoms with Gasteiger partial charge in [0.1, 0.15) is 4.90 Å². The SMILES string of the molecule is O=C(OC(C(=O)c1ccccc1)c1ccccc1)c1cc(S(=O)(=O)N2CCOCC2)c(Cl)cc1Cl. The molecule has 35 heavy (non-hydrogen) atoms. The summed E-state index contributed by atoms with van der Waals surface area (Å²) < 4.78 is 38.4. The van der Waals surface area contributed by atoms with Gasteiger partial charge >= 0.3 is 5.97 Å². The molecule has 0 radical (unpaired) electrons. The van der Waals surface area contributed by atoms with E-state index in [1.54, 1.807) is 60.7 Å². The predicted octanol–water partition coefficient (Wildman–Crippen LogP) is 4.80. The lowest BCUT2D eigenvalue weighted by molar-refractivity contribution is 0.0280. The lowest BCUT2D eigenvalue weighted by atomic mass is 10.00. The van der Waals surface area contributed by atoms with Crippen molar-refractivity contribution in [1.29, 1.82) is 0 Å². The Bertz CT molecular complexity index is 1330. The van der Waals surface area contributed by atoms with E-state index >= 15 is 0 Å². The number of nitrogens with zero attached hydrogens (tertiary/aromatic N) is 1. The minimum absolute atomic E-state index is 0.0973. The average molecular weight is 534 g/mol. The molecular formula is C25H21Cl2NO6S. The van der Waals surface area contributed by atoms with Crippen molar-refractivity contribution < 1.29 is 27.5 Å². The summed E-state index contributed by atoms with van der Waals surface area (Å²) in [5, 5.41) is -0.224. The number of Topliss-reactive ketones (excluding diaryl/α,β-unsaturated/α-hetero) is 1. The number of esters is 1. The van der Waals surface area contributed by atoms with E-state index in [1.165, 1.54) is 10.4 Å². The second-order valence-electron chi connectivity index (χ2n) is 7.71. The summed E-state index contributed by atoms with van der Waals surface area (Å²) in [6.07, 6.45) is -1.27. The molecule has 182 valence electrons. The Morgan fingerprint density at radius 2 is 1.49 bits per heavy atom. The minimum atomic E-state index is -4.02. The third-order valence-electron chi connectivity index (χ3n) is 5.45. The van der Waals surface area contributed by atoms with Gasteiger partial charge in [0.05, 0.1) is 28.8 Å². The smallest absolute Gasteiger partial charge is 0.340 e. The topological polar surface area (TPSA) is 90.0 Å². The zero-order chi connectivity index (χ0) is 25.0. The highest BCUT2D eigenvalue weighted by Crippen LogP contribution is 2.33. The van der Waals surface area contributed by atoms with Crippen LogP contribution in [-0.2, 0) is 19.5 Å². The van der Waals surface area contributed by atoms with Gasteiger partial charge in [-0.3, -0.25) is 4.79 Å². The van der Waals surface area contributed by atoms with Crippen LogP contribution in [-0.4, -0.2) is 50.8 Å². The van der Waals surface area contributed by atoms with Gasteiger partial charge in [0.25, 0.3) is 0 Å². The number of halogens is 2. The molecule has 0 bridgehead atoms. The monoisotopic (exact) mass is 533 g/mol. The van der Waals surface area contributed by atoms with Gasteiger partial charge in [-0.15, -0.1) is 0 Å². The Kier molecular flexibility index (Phi) is 7.88. The van der Waals surface area contributed by atoms with E-state index in [-0.39, 0.29) is 46.8 Å². The van der Waals surface area contributed by atoms with Crippen LogP contribution in [0.25, 0.3) is 0 Å². The van der Waals surface area contributed by atoms with Crippen molar-refractivity contribution in [2.75, 3.05) is 26.3 Å². The fourth-order valence-electron chi connectivity index (χ4n) is 3.63. The largest absolute Gasteiger partial charge is 0.445 e. The summed E-state index contributed by atoms with van der Waals surface area (Å²) in [5.74, 6) is -1.39. The van der Waals surface area contributed by atoms with Gasteiger partial charge in [-0.05, 0) is 12.1 Å². The lowest BCUT2D eigenvalue weighted by Crippen LogP contribution is -2.40. The fourth-order valence-corrected chi connectivity index (χ4v) is 5.87. The fraction of sp³-hybridized carbons (Fsp3) is 0.200. The zero-order valence-corrected chi connectivity index (χ0v) is 20.7. The van der Waals surface area contributed by atoms with Crippen LogP contribution >= 0.6 is 23.2 Å². The van der Waals surface area contributed by atoms with Crippen LogP contribution in [0.5, 0.6) is 0 Å². The molecule has 1 saturated heterocycles. The first-order valence-electron chi connectivity index (χ1n) is 10.7. The molecule has 1 aliphatic rings. The van der Waals surface area contributed by atoms with E-state index in [4.69, 9.17) is 32.7 Å². The minimum Gasteiger partial charge on any atom is -0.445 e. The number of ether oxygens (including phenoxy) is 2. The summed E-state index contributed by atoms with van der Waals surface area (Å²) in [5.41, 5.74) is 0.595. The van der Waals surface area contributed by atoms with E-state index in [1.807, 2.05) is 0 Å². The van der Waals surface area contributed by atoms with Crippen molar-refractivity contribution >= 4 is 45.0 Å².